The number of carbonyl (C=O) groups excluding carboxylic acids is 1. The zero-order valence-electron chi connectivity index (χ0n) is 17.4. The Morgan fingerprint density at radius 2 is 1.87 bits per heavy atom. The molecule has 1 aliphatic rings. The summed E-state index contributed by atoms with van der Waals surface area (Å²) in [4.78, 5) is 16.8. The molecular formula is C23H25N3O4S. The molecule has 0 radical (unpaired) electrons. The second-order valence-electron chi connectivity index (χ2n) is 7.44. The lowest BCUT2D eigenvalue weighted by atomic mass is 10.2. The number of carbonyl (C=O) groups is 1. The maximum absolute atomic E-state index is 12.9. The molecule has 1 aromatic heterocycles. The number of esters is 1. The first-order chi connectivity index (χ1) is 15.0. The second kappa shape index (κ2) is 9.03. The summed E-state index contributed by atoms with van der Waals surface area (Å²) in [6, 6.07) is 15.7. The number of benzene rings is 2. The van der Waals surface area contributed by atoms with Crippen LogP contribution in [-0.4, -0.2) is 43.4 Å². The minimum absolute atomic E-state index is 0.298. The number of anilines is 2. The first-order valence-electron chi connectivity index (χ1n) is 10.4. The lowest BCUT2D eigenvalue weighted by Gasteiger charge is -2.25. The summed E-state index contributed by atoms with van der Waals surface area (Å²) in [6.07, 6.45) is 2.88. The standard InChI is InChI=1S/C23H25N3O4S/c1-2-30-23(27)18-7-6-8-19(15-18)24-22-12-9-17-16-20(10-11-21(17)25-22)31(28,29)26-13-4-3-5-14-26/h6-12,15-16H,2-5,13-14H2,1H3,(H,24,25). The van der Waals surface area contributed by atoms with Gasteiger partial charge in [0.2, 0.25) is 10.0 Å². The van der Waals surface area contributed by atoms with Crippen LogP contribution in [0, 0.1) is 0 Å². The van der Waals surface area contributed by atoms with E-state index in [4.69, 9.17) is 4.74 Å². The monoisotopic (exact) mass is 439 g/mol. The van der Waals surface area contributed by atoms with Crippen LogP contribution in [0.1, 0.15) is 36.5 Å². The molecule has 1 aliphatic heterocycles. The molecule has 0 bridgehead atoms. The van der Waals surface area contributed by atoms with E-state index in [9.17, 15) is 13.2 Å². The molecule has 0 atom stereocenters. The van der Waals surface area contributed by atoms with E-state index in [1.165, 1.54) is 0 Å². The molecule has 2 heterocycles. The molecule has 7 nitrogen and oxygen atoms in total. The van der Waals surface area contributed by atoms with Gasteiger partial charge >= 0.3 is 5.97 Å². The number of hydrogen-bond acceptors (Lipinski definition) is 6. The Hall–Kier alpha value is -2.97. The quantitative estimate of drug-likeness (QED) is 0.575. The molecule has 1 saturated heterocycles. The van der Waals surface area contributed by atoms with Crippen molar-refractivity contribution in [1.29, 1.82) is 0 Å². The maximum Gasteiger partial charge on any atom is 0.338 e. The molecule has 0 unspecified atom stereocenters. The third-order valence-corrected chi connectivity index (χ3v) is 7.15. The highest BCUT2D eigenvalue weighted by molar-refractivity contribution is 7.89. The smallest absolute Gasteiger partial charge is 0.338 e. The molecule has 2 aromatic carbocycles. The number of fused-ring (bicyclic) bond motifs is 1. The fourth-order valence-electron chi connectivity index (χ4n) is 3.67. The number of nitrogens with zero attached hydrogens (tertiary/aromatic N) is 2. The third kappa shape index (κ3) is 4.70. The zero-order chi connectivity index (χ0) is 21.8. The van der Waals surface area contributed by atoms with Gasteiger partial charge in [0.25, 0.3) is 0 Å². The van der Waals surface area contributed by atoms with Crippen LogP contribution in [0.3, 0.4) is 0 Å². The van der Waals surface area contributed by atoms with Crippen molar-refractivity contribution < 1.29 is 17.9 Å². The lowest BCUT2D eigenvalue weighted by molar-refractivity contribution is 0.0526. The Balaban J connectivity index is 1.56. The van der Waals surface area contributed by atoms with Crippen molar-refractivity contribution in [3.63, 3.8) is 0 Å². The summed E-state index contributed by atoms with van der Waals surface area (Å²) in [5.41, 5.74) is 1.85. The first kappa shape index (κ1) is 21.3. The van der Waals surface area contributed by atoms with E-state index in [0.29, 0.717) is 47.2 Å². The number of ether oxygens (including phenoxy) is 1. The Morgan fingerprint density at radius 3 is 2.65 bits per heavy atom. The van der Waals surface area contributed by atoms with Gasteiger partial charge in [-0.05, 0) is 68.3 Å². The van der Waals surface area contributed by atoms with Gasteiger partial charge in [0, 0.05) is 24.2 Å². The van der Waals surface area contributed by atoms with Crippen molar-refractivity contribution in [1.82, 2.24) is 9.29 Å². The third-order valence-electron chi connectivity index (χ3n) is 5.26. The average molecular weight is 440 g/mol. The topological polar surface area (TPSA) is 88.6 Å². The van der Waals surface area contributed by atoms with Crippen LogP contribution in [0.15, 0.2) is 59.5 Å². The Kier molecular flexibility index (Phi) is 6.20. The SMILES string of the molecule is CCOC(=O)c1cccc(Nc2ccc3cc(S(=O)(=O)N4CCCCC4)ccc3n2)c1. The summed E-state index contributed by atoms with van der Waals surface area (Å²) >= 11 is 0. The number of pyridine rings is 1. The molecule has 0 saturated carbocycles. The predicted molar refractivity (Wildman–Crippen MR) is 120 cm³/mol. The van der Waals surface area contributed by atoms with Crippen molar-refractivity contribution >= 4 is 38.4 Å². The zero-order valence-corrected chi connectivity index (χ0v) is 18.2. The number of rotatable bonds is 6. The van der Waals surface area contributed by atoms with Crippen LogP contribution < -0.4 is 5.32 Å². The number of aromatic nitrogens is 1. The van der Waals surface area contributed by atoms with E-state index < -0.39 is 10.0 Å². The largest absolute Gasteiger partial charge is 0.462 e. The number of nitrogens with one attached hydrogen (secondary N) is 1. The van der Waals surface area contributed by atoms with E-state index in [1.54, 1.807) is 53.7 Å². The second-order valence-corrected chi connectivity index (χ2v) is 9.38. The Bertz CT molecular complexity index is 1200. The summed E-state index contributed by atoms with van der Waals surface area (Å²) in [7, 11) is -3.48. The number of hydrogen-bond donors (Lipinski definition) is 1. The first-order valence-corrected chi connectivity index (χ1v) is 11.9. The van der Waals surface area contributed by atoms with Gasteiger partial charge in [-0.2, -0.15) is 4.31 Å². The maximum atomic E-state index is 12.9. The minimum atomic E-state index is -3.48. The van der Waals surface area contributed by atoms with E-state index in [2.05, 4.69) is 10.3 Å². The van der Waals surface area contributed by atoms with Gasteiger partial charge in [0.1, 0.15) is 5.82 Å². The van der Waals surface area contributed by atoms with Crippen LogP contribution in [0.5, 0.6) is 0 Å². The van der Waals surface area contributed by atoms with Gasteiger partial charge in [-0.15, -0.1) is 0 Å². The molecule has 4 rings (SSSR count). The molecule has 0 spiro atoms. The van der Waals surface area contributed by atoms with Crippen molar-refractivity contribution in [3.05, 3.63) is 60.2 Å². The van der Waals surface area contributed by atoms with Crippen molar-refractivity contribution in [2.24, 2.45) is 0 Å². The van der Waals surface area contributed by atoms with Gasteiger partial charge < -0.3 is 10.1 Å². The molecule has 0 amide bonds. The molecule has 1 fully saturated rings. The van der Waals surface area contributed by atoms with Gasteiger partial charge in [-0.3, -0.25) is 0 Å². The highest BCUT2D eigenvalue weighted by atomic mass is 32.2. The lowest BCUT2D eigenvalue weighted by Crippen LogP contribution is -2.35. The highest BCUT2D eigenvalue weighted by Gasteiger charge is 2.26. The van der Waals surface area contributed by atoms with Gasteiger partial charge in [-0.1, -0.05) is 12.5 Å². The van der Waals surface area contributed by atoms with Crippen molar-refractivity contribution in [2.45, 2.75) is 31.1 Å². The Labute approximate surface area is 182 Å². The molecule has 8 heteroatoms. The molecule has 3 aromatic rings. The normalized spacial score (nSPS) is 15.0. The molecule has 162 valence electrons. The predicted octanol–water partition coefficient (Wildman–Crippen LogP) is 4.33. The van der Waals surface area contributed by atoms with Crippen molar-refractivity contribution in [2.75, 3.05) is 25.0 Å². The van der Waals surface area contributed by atoms with E-state index in [0.717, 1.165) is 24.6 Å². The fourth-order valence-corrected chi connectivity index (χ4v) is 5.23. The summed E-state index contributed by atoms with van der Waals surface area (Å²) in [6.45, 7) is 3.24. The number of sulfonamides is 1. The van der Waals surface area contributed by atoms with Crippen LogP contribution in [0.4, 0.5) is 11.5 Å². The Morgan fingerprint density at radius 1 is 1.06 bits per heavy atom. The van der Waals surface area contributed by atoms with Crippen LogP contribution in [-0.2, 0) is 14.8 Å². The van der Waals surface area contributed by atoms with Crippen LogP contribution in [0.2, 0.25) is 0 Å². The van der Waals surface area contributed by atoms with Crippen LogP contribution in [0.25, 0.3) is 10.9 Å². The van der Waals surface area contributed by atoms with Crippen LogP contribution >= 0.6 is 0 Å². The van der Waals surface area contributed by atoms with Crippen molar-refractivity contribution in [3.8, 4) is 0 Å². The van der Waals surface area contributed by atoms with Gasteiger partial charge in [-0.25, -0.2) is 18.2 Å². The molecular weight excluding hydrogens is 414 g/mol. The van der Waals surface area contributed by atoms with E-state index >= 15 is 0 Å². The summed E-state index contributed by atoms with van der Waals surface area (Å²) < 4.78 is 32.5. The number of piperidine rings is 1. The fraction of sp³-hybridized carbons (Fsp3) is 0.304. The van der Waals surface area contributed by atoms with Gasteiger partial charge in [0.15, 0.2) is 0 Å². The summed E-state index contributed by atoms with van der Waals surface area (Å²) in [5.74, 6) is 0.222. The highest BCUT2D eigenvalue weighted by Crippen LogP contribution is 2.25. The van der Waals surface area contributed by atoms with Gasteiger partial charge in [0.05, 0.1) is 22.6 Å². The molecule has 0 aliphatic carbocycles. The summed E-state index contributed by atoms with van der Waals surface area (Å²) in [5, 5.41) is 3.94. The van der Waals surface area contributed by atoms with E-state index in [-0.39, 0.29) is 5.97 Å². The molecule has 1 N–H and O–H groups in total. The molecule has 31 heavy (non-hydrogen) atoms. The van der Waals surface area contributed by atoms with E-state index in [1.807, 2.05) is 12.1 Å². The minimum Gasteiger partial charge on any atom is -0.462 e. The average Bonchev–Trinajstić information content (AvgIpc) is 2.79.